The lowest BCUT2D eigenvalue weighted by Crippen LogP contribution is -2.14. The van der Waals surface area contributed by atoms with Gasteiger partial charge in [-0.05, 0) is 30.6 Å². The van der Waals surface area contributed by atoms with Crippen LogP contribution in [0.2, 0.25) is 0 Å². The van der Waals surface area contributed by atoms with Crippen LogP contribution in [0.1, 0.15) is 69.2 Å². The molecule has 0 aliphatic rings. The molecule has 0 aliphatic carbocycles. The molecule has 0 atom stereocenters. The van der Waals surface area contributed by atoms with Crippen LogP contribution >= 0.6 is 12.6 Å². The van der Waals surface area contributed by atoms with Crippen molar-refractivity contribution in [3.63, 3.8) is 0 Å². The van der Waals surface area contributed by atoms with Gasteiger partial charge in [0.05, 0.1) is 5.76 Å². The smallest absolute Gasteiger partial charge is 0.199 e. The van der Waals surface area contributed by atoms with Crippen LogP contribution in [0.4, 0.5) is 0 Å². The van der Waals surface area contributed by atoms with Crippen LogP contribution in [0.25, 0.3) is 0 Å². The van der Waals surface area contributed by atoms with Crippen LogP contribution in [0, 0.1) is 12.3 Å². The Hall–Kier alpha value is -0.635. The number of hydrogen-bond donors (Lipinski definition) is 1. The standard InChI is InChI=1S/C15H25BO2S/c1-5-6-8-15(3,4)9-7-11(17)13-14(19)12(16)10(2)18-13/h19H,5-9,16H2,1-4H3. The number of ketones is 1. The molecule has 4 heteroatoms. The Morgan fingerprint density at radius 2 is 2.00 bits per heavy atom. The average Bonchev–Trinajstić information content (AvgIpc) is 2.61. The van der Waals surface area contributed by atoms with E-state index >= 15 is 0 Å². The van der Waals surface area contributed by atoms with Gasteiger partial charge >= 0.3 is 0 Å². The summed E-state index contributed by atoms with van der Waals surface area (Å²) in [6, 6.07) is 0. The molecule has 19 heavy (non-hydrogen) atoms. The van der Waals surface area contributed by atoms with E-state index in [-0.39, 0.29) is 11.2 Å². The lowest BCUT2D eigenvalue weighted by molar-refractivity contribution is 0.0928. The van der Waals surface area contributed by atoms with Crippen LogP contribution in [0.3, 0.4) is 0 Å². The molecule has 0 aromatic carbocycles. The summed E-state index contributed by atoms with van der Waals surface area (Å²) in [5, 5.41) is 0. The fraction of sp³-hybridized carbons (Fsp3) is 0.667. The summed E-state index contributed by atoms with van der Waals surface area (Å²) >= 11 is 4.38. The molecule has 0 saturated carbocycles. The minimum atomic E-state index is 0.0748. The Kier molecular flexibility index (Phi) is 5.78. The molecule has 106 valence electrons. The number of thiol groups is 1. The highest BCUT2D eigenvalue weighted by Gasteiger charge is 2.22. The number of carbonyl (C=O) groups is 1. The van der Waals surface area contributed by atoms with Gasteiger partial charge in [0.25, 0.3) is 0 Å². The van der Waals surface area contributed by atoms with E-state index in [1.165, 1.54) is 19.3 Å². The van der Waals surface area contributed by atoms with Gasteiger partial charge in [-0.25, -0.2) is 0 Å². The Balaban J connectivity index is 2.63. The first-order valence-corrected chi connectivity index (χ1v) is 7.55. The SMILES string of the molecule is Bc1c(C)oc(C(=O)CCC(C)(C)CCCC)c1S. The third-order valence-corrected chi connectivity index (χ3v) is 4.38. The molecule has 0 bridgehead atoms. The fourth-order valence-electron chi connectivity index (χ4n) is 2.15. The molecule has 0 aliphatic heterocycles. The van der Waals surface area contributed by atoms with Crippen molar-refractivity contribution in [3.8, 4) is 0 Å². The highest BCUT2D eigenvalue weighted by molar-refractivity contribution is 7.80. The highest BCUT2D eigenvalue weighted by Crippen LogP contribution is 2.30. The van der Waals surface area contributed by atoms with Gasteiger partial charge in [-0.2, -0.15) is 0 Å². The predicted octanol–water partition coefficient (Wildman–Crippen LogP) is 3.31. The number of hydrogen-bond acceptors (Lipinski definition) is 3. The number of aryl methyl sites for hydroxylation is 1. The first-order chi connectivity index (χ1) is 8.78. The number of carbonyl (C=O) groups excluding carboxylic acids is 1. The van der Waals surface area contributed by atoms with Gasteiger partial charge in [0.1, 0.15) is 7.85 Å². The number of rotatable bonds is 7. The van der Waals surface area contributed by atoms with E-state index in [1.807, 2.05) is 14.8 Å². The van der Waals surface area contributed by atoms with Gasteiger partial charge in [0.2, 0.25) is 0 Å². The van der Waals surface area contributed by atoms with Crippen molar-refractivity contribution < 1.29 is 9.21 Å². The van der Waals surface area contributed by atoms with Gasteiger partial charge in [0.15, 0.2) is 11.5 Å². The van der Waals surface area contributed by atoms with E-state index in [4.69, 9.17) is 4.42 Å². The largest absolute Gasteiger partial charge is 0.458 e. The molecule has 0 fully saturated rings. The molecule has 0 N–H and O–H groups in total. The van der Waals surface area contributed by atoms with Crippen molar-refractivity contribution in [1.82, 2.24) is 0 Å². The predicted molar refractivity (Wildman–Crippen MR) is 85.7 cm³/mol. The number of unbranched alkanes of at least 4 members (excludes halogenated alkanes) is 1. The van der Waals surface area contributed by atoms with Gasteiger partial charge in [0, 0.05) is 11.3 Å². The van der Waals surface area contributed by atoms with Crippen LogP contribution in [-0.4, -0.2) is 13.6 Å². The molecule has 0 radical (unpaired) electrons. The number of furan rings is 1. The normalized spacial score (nSPS) is 11.8. The molecule has 2 nitrogen and oxygen atoms in total. The van der Waals surface area contributed by atoms with Crippen molar-refractivity contribution in [1.29, 1.82) is 0 Å². The zero-order valence-corrected chi connectivity index (χ0v) is 13.7. The molecule has 1 rings (SSSR count). The van der Waals surface area contributed by atoms with Crippen molar-refractivity contribution in [2.24, 2.45) is 5.41 Å². The van der Waals surface area contributed by atoms with Crippen molar-refractivity contribution in [2.45, 2.75) is 64.7 Å². The summed E-state index contributed by atoms with van der Waals surface area (Å²) in [6.45, 7) is 8.53. The second-order valence-electron chi connectivity index (χ2n) is 6.15. The topological polar surface area (TPSA) is 30.2 Å². The highest BCUT2D eigenvalue weighted by atomic mass is 32.1. The molecule has 1 aromatic heterocycles. The Morgan fingerprint density at radius 1 is 1.37 bits per heavy atom. The van der Waals surface area contributed by atoms with E-state index in [0.29, 0.717) is 17.1 Å². The van der Waals surface area contributed by atoms with Gasteiger partial charge in [-0.1, -0.05) is 33.6 Å². The van der Waals surface area contributed by atoms with Crippen LogP contribution < -0.4 is 5.46 Å². The van der Waals surface area contributed by atoms with E-state index < -0.39 is 0 Å². The zero-order chi connectivity index (χ0) is 14.6. The van der Waals surface area contributed by atoms with E-state index in [1.54, 1.807) is 0 Å². The zero-order valence-electron chi connectivity index (χ0n) is 12.8. The molecule has 0 saturated heterocycles. The second-order valence-corrected chi connectivity index (χ2v) is 6.60. The summed E-state index contributed by atoms with van der Waals surface area (Å²) in [6.07, 6.45) is 5.03. The van der Waals surface area contributed by atoms with Gasteiger partial charge < -0.3 is 4.42 Å². The average molecular weight is 280 g/mol. The van der Waals surface area contributed by atoms with Gasteiger partial charge in [-0.3, -0.25) is 4.79 Å². The lowest BCUT2D eigenvalue weighted by Gasteiger charge is -2.23. The van der Waals surface area contributed by atoms with Gasteiger partial charge in [-0.15, -0.1) is 12.6 Å². The molecule has 0 amide bonds. The van der Waals surface area contributed by atoms with Crippen molar-refractivity contribution >= 4 is 31.7 Å². The van der Waals surface area contributed by atoms with Crippen LogP contribution in [-0.2, 0) is 0 Å². The molecule has 1 heterocycles. The minimum Gasteiger partial charge on any atom is -0.458 e. The number of Topliss-reactive ketones (excluding diaryl/α,β-unsaturated/α-hetero) is 1. The third kappa shape index (κ3) is 4.45. The maximum Gasteiger partial charge on any atom is 0.199 e. The Morgan fingerprint density at radius 3 is 2.47 bits per heavy atom. The first kappa shape index (κ1) is 16.4. The molecular weight excluding hydrogens is 255 g/mol. The fourth-order valence-corrected chi connectivity index (χ4v) is 2.48. The molecule has 0 spiro atoms. The summed E-state index contributed by atoms with van der Waals surface area (Å²) in [4.78, 5) is 12.9. The quantitative estimate of drug-likeness (QED) is 0.472. The Labute approximate surface area is 123 Å². The van der Waals surface area contributed by atoms with Crippen molar-refractivity contribution in [2.75, 3.05) is 0 Å². The van der Waals surface area contributed by atoms with E-state index in [0.717, 1.165) is 17.6 Å². The molecular formula is C15H25BO2S. The summed E-state index contributed by atoms with van der Waals surface area (Å²) in [7, 11) is 1.93. The van der Waals surface area contributed by atoms with Crippen molar-refractivity contribution in [3.05, 3.63) is 11.5 Å². The minimum absolute atomic E-state index is 0.0748. The lowest BCUT2D eigenvalue weighted by atomic mass is 9.82. The van der Waals surface area contributed by atoms with E-state index in [9.17, 15) is 4.79 Å². The second kappa shape index (κ2) is 6.69. The Bertz CT molecular complexity index is 449. The maximum absolute atomic E-state index is 12.2. The van der Waals surface area contributed by atoms with E-state index in [2.05, 4.69) is 33.4 Å². The maximum atomic E-state index is 12.2. The first-order valence-electron chi connectivity index (χ1n) is 7.10. The summed E-state index contributed by atoms with van der Waals surface area (Å²) in [5.74, 6) is 1.30. The monoisotopic (exact) mass is 280 g/mol. The molecule has 1 aromatic rings. The summed E-state index contributed by atoms with van der Waals surface area (Å²) in [5.41, 5.74) is 1.19. The molecule has 0 unspecified atom stereocenters. The van der Waals surface area contributed by atoms with Crippen LogP contribution in [0.15, 0.2) is 9.31 Å². The third-order valence-electron chi connectivity index (χ3n) is 3.84. The summed E-state index contributed by atoms with van der Waals surface area (Å²) < 4.78 is 5.53. The van der Waals surface area contributed by atoms with Crippen LogP contribution in [0.5, 0.6) is 0 Å².